The van der Waals surface area contributed by atoms with Crippen molar-refractivity contribution in [3.05, 3.63) is 0 Å². The van der Waals surface area contributed by atoms with Gasteiger partial charge >= 0.3 is 0 Å². The van der Waals surface area contributed by atoms with Crippen molar-refractivity contribution in [1.82, 2.24) is 5.32 Å². The predicted molar refractivity (Wildman–Crippen MR) is 56.5 cm³/mol. The Hall–Kier alpha value is -0.280. The van der Waals surface area contributed by atoms with Gasteiger partial charge in [0.2, 0.25) is 0 Å². The van der Waals surface area contributed by atoms with E-state index in [-0.39, 0.29) is 11.9 Å². The summed E-state index contributed by atoms with van der Waals surface area (Å²) in [6.07, 6.45) is 2.62. The molecular weight excluding hydrogens is 202 g/mol. The summed E-state index contributed by atoms with van der Waals surface area (Å²) < 4.78 is 5.44. The van der Waals surface area contributed by atoms with Gasteiger partial charge in [-0.05, 0) is 26.2 Å². The third kappa shape index (κ3) is 2.61. The minimum atomic E-state index is -0.626. The molecule has 0 spiro atoms. The molecule has 0 bridgehead atoms. The number of rotatable bonds is 4. The number of nitrogens with one attached hydrogen (secondary N) is 1. The fraction of sp³-hybridized carbons (Fsp3) is 0.900. The SMILES string of the molecule is CCC(CCl)NC(=O)C1(C)CCCO1. The summed E-state index contributed by atoms with van der Waals surface area (Å²) in [6.45, 7) is 4.53. The van der Waals surface area contributed by atoms with Crippen LogP contribution in [-0.4, -0.2) is 30.0 Å². The van der Waals surface area contributed by atoms with Gasteiger partial charge in [0.25, 0.3) is 5.91 Å². The maximum atomic E-state index is 11.8. The molecule has 1 aliphatic heterocycles. The van der Waals surface area contributed by atoms with Crippen LogP contribution in [0.5, 0.6) is 0 Å². The van der Waals surface area contributed by atoms with Crippen LogP contribution in [0.2, 0.25) is 0 Å². The summed E-state index contributed by atoms with van der Waals surface area (Å²) in [4.78, 5) is 11.8. The lowest BCUT2D eigenvalue weighted by atomic mass is 10.0. The van der Waals surface area contributed by atoms with Crippen molar-refractivity contribution in [2.24, 2.45) is 0 Å². The van der Waals surface area contributed by atoms with Gasteiger partial charge in [-0.1, -0.05) is 6.92 Å². The summed E-state index contributed by atoms with van der Waals surface area (Å²) in [5, 5.41) is 2.90. The van der Waals surface area contributed by atoms with Crippen LogP contribution in [0.15, 0.2) is 0 Å². The van der Waals surface area contributed by atoms with Crippen molar-refractivity contribution in [2.45, 2.75) is 44.8 Å². The van der Waals surface area contributed by atoms with E-state index in [0.717, 1.165) is 19.3 Å². The van der Waals surface area contributed by atoms with Crippen molar-refractivity contribution in [3.63, 3.8) is 0 Å². The standard InChI is InChI=1S/C10H18ClNO2/c1-3-8(7-11)12-9(13)10(2)5-4-6-14-10/h8H,3-7H2,1-2H3,(H,12,13). The summed E-state index contributed by atoms with van der Waals surface area (Å²) in [7, 11) is 0. The monoisotopic (exact) mass is 219 g/mol. The molecule has 1 fully saturated rings. The third-order valence-electron chi connectivity index (χ3n) is 2.71. The number of carbonyl (C=O) groups excluding carboxylic acids is 1. The Kier molecular flexibility index (Phi) is 4.20. The minimum Gasteiger partial charge on any atom is -0.365 e. The quantitative estimate of drug-likeness (QED) is 0.731. The zero-order chi connectivity index (χ0) is 10.6. The van der Waals surface area contributed by atoms with Gasteiger partial charge in [-0.25, -0.2) is 0 Å². The Morgan fingerprint density at radius 2 is 2.43 bits per heavy atom. The van der Waals surface area contributed by atoms with Crippen LogP contribution in [0.4, 0.5) is 0 Å². The fourth-order valence-corrected chi connectivity index (χ4v) is 1.84. The number of hydrogen-bond acceptors (Lipinski definition) is 2. The molecular formula is C10H18ClNO2. The molecule has 14 heavy (non-hydrogen) atoms. The summed E-state index contributed by atoms with van der Waals surface area (Å²) in [5.41, 5.74) is -0.626. The number of ether oxygens (including phenoxy) is 1. The first kappa shape index (κ1) is 11.8. The molecule has 1 heterocycles. The maximum Gasteiger partial charge on any atom is 0.252 e. The number of hydrogen-bond donors (Lipinski definition) is 1. The van der Waals surface area contributed by atoms with E-state index in [9.17, 15) is 4.79 Å². The lowest BCUT2D eigenvalue weighted by Gasteiger charge is -2.24. The Balaban J connectivity index is 2.48. The van der Waals surface area contributed by atoms with Crippen LogP contribution in [0.3, 0.4) is 0 Å². The maximum absolute atomic E-state index is 11.8. The van der Waals surface area contributed by atoms with Gasteiger partial charge in [0.05, 0.1) is 0 Å². The lowest BCUT2D eigenvalue weighted by Crippen LogP contribution is -2.48. The van der Waals surface area contributed by atoms with Crippen molar-refractivity contribution >= 4 is 17.5 Å². The normalized spacial score (nSPS) is 28.8. The molecule has 1 amide bonds. The van der Waals surface area contributed by atoms with E-state index in [1.54, 1.807) is 0 Å². The first-order valence-corrected chi connectivity index (χ1v) is 5.66. The zero-order valence-corrected chi connectivity index (χ0v) is 9.56. The number of halogens is 1. The van der Waals surface area contributed by atoms with E-state index in [2.05, 4.69) is 5.32 Å². The number of alkyl halides is 1. The van der Waals surface area contributed by atoms with Crippen LogP contribution in [-0.2, 0) is 9.53 Å². The first-order valence-electron chi connectivity index (χ1n) is 5.13. The van der Waals surface area contributed by atoms with Gasteiger partial charge < -0.3 is 10.1 Å². The van der Waals surface area contributed by atoms with E-state index in [4.69, 9.17) is 16.3 Å². The second-order valence-electron chi connectivity index (χ2n) is 3.92. The van der Waals surface area contributed by atoms with Gasteiger partial charge in [0, 0.05) is 18.5 Å². The second kappa shape index (κ2) is 4.99. The Morgan fingerprint density at radius 3 is 2.86 bits per heavy atom. The van der Waals surface area contributed by atoms with Crippen LogP contribution in [0.1, 0.15) is 33.1 Å². The van der Waals surface area contributed by atoms with Crippen molar-refractivity contribution in [2.75, 3.05) is 12.5 Å². The highest BCUT2D eigenvalue weighted by Gasteiger charge is 2.38. The second-order valence-corrected chi connectivity index (χ2v) is 4.22. The summed E-state index contributed by atoms with van der Waals surface area (Å²) >= 11 is 5.71. The molecule has 4 heteroatoms. The Morgan fingerprint density at radius 1 is 1.71 bits per heavy atom. The van der Waals surface area contributed by atoms with Crippen molar-refractivity contribution in [1.29, 1.82) is 0 Å². The van der Waals surface area contributed by atoms with Gasteiger partial charge in [-0.15, -0.1) is 11.6 Å². The van der Waals surface area contributed by atoms with Crippen LogP contribution in [0, 0.1) is 0 Å². The molecule has 1 saturated heterocycles. The Bertz CT molecular complexity index is 198. The molecule has 82 valence electrons. The molecule has 3 nitrogen and oxygen atoms in total. The highest BCUT2D eigenvalue weighted by atomic mass is 35.5. The molecule has 2 atom stereocenters. The largest absolute Gasteiger partial charge is 0.365 e. The van der Waals surface area contributed by atoms with Gasteiger partial charge in [-0.2, -0.15) is 0 Å². The molecule has 1 aliphatic rings. The highest BCUT2D eigenvalue weighted by Crippen LogP contribution is 2.25. The average Bonchev–Trinajstić information content (AvgIpc) is 2.62. The smallest absolute Gasteiger partial charge is 0.252 e. The van der Waals surface area contributed by atoms with E-state index >= 15 is 0 Å². The van der Waals surface area contributed by atoms with Crippen LogP contribution < -0.4 is 5.32 Å². The molecule has 1 rings (SSSR count). The number of carbonyl (C=O) groups is 1. The molecule has 1 N–H and O–H groups in total. The molecule has 0 saturated carbocycles. The van der Waals surface area contributed by atoms with Crippen LogP contribution >= 0.6 is 11.6 Å². The zero-order valence-electron chi connectivity index (χ0n) is 8.81. The van der Waals surface area contributed by atoms with E-state index < -0.39 is 5.60 Å². The van der Waals surface area contributed by atoms with Crippen molar-refractivity contribution < 1.29 is 9.53 Å². The Labute approximate surface area is 90.1 Å². The van der Waals surface area contributed by atoms with E-state index in [1.807, 2.05) is 13.8 Å². The molecule has 2 unspecified atom stereocenters. The molecule has 0 aromatic heterocycles. The topological polar surface area (TPSA) is 38.3 Å². The van der Waals surface area contributed by atoms with Gasteiger partial charge in [0.15, 0.2) is 0 Å². The van der Waals surface area contributed by atoms with Gasteiger partial charge in [-0.3, -0.25) is 4.79 Å². The molecule has 0 aromatic carbocycles. The average molecular weight is 220 g/mol. The third-order valence-corrected chi connectivity index (χ3v) is 3.09. The lowest BCUT2D eigenvalue weighted by molar-refractivity contribution is -0.140. The van der Waals surface area contributed by atoms with E-state index in [1.165, 1.54) is 0 Å². The minimum absolute atomic E-state index is 0.0255. The van der Waals surface area contributed by atoms with Crippen molar-refractivity contribution in [3.8, 4) is 0 Å². The van der Waals surface area contributed by atoms with Gasteiger partial charge in [0.1, 0.15) is 5.60 Å². The molecule has 0 radical (unpaired) electrons. The van der Waals surface area contributed by atoms with E-state index in [0.29, 0.717) is 12.5 Å². The number of amides is 1. The fourth-order valence-electron chi connectivity index (χ4n) is 1.55. The first-order chi connectivity index (χ1) is 6.62. The van der Waals surface area contributed by atoms with Crippen LogP contribution in [0.25, 0.3) is 0 Å². The molecule has 0 aliphatic carbocycles. The predicted octanol–water partition coefficient (Wildman–Crippen LogP) is 1.69. The summed E-state index contributed by atoms with van der Waals surface area (Å²) in [6, 6.07) is 0.0604. The summed E-state index contributed by atoms with van der Waals surface area (Å²) in [5.74, 6) is 0.431. The molecule has 0 aromatic rings. The highest BCUT2D eigenvalue weighted by molar-refractivity contribution is 6.18.